The molecule has 6 heteroatoms. The van der Waals surface area contributed by atoms with Crippen LogP contribution in [0.1, 0.15) is 19.3 Å². The van der Waals surface area contributed by atoms with Crippen molar-refractivity contribution in [3.63, 3.8) is 0 Å². The molecule has 0 spiro atoms. The molecule has 1 aromatic rings. The second-order valence-electron chi connectivity index (χ2n) is 5.13. The number of carbonyl (C=O) groups excluding carboxylic acids is 1. The minimum absolute atomic E-state index is 0.0986. The molecule has 102 valence electrons. The van der Waals surface area contributed by atoms with Gasteiger partial charge in [0.25, 0.3) is 0 Å². The summed E-state index contributed by atoms with van der Waals surface area (Å²) < 4.78 is 0. The third-order valence-electron chi connectivity index (χ3n) is 3.82. The normalized spacial score (nSPS) is 27.0. The highest BCUT2D eigenvalue weighted by molar-refractivity contribution is 5.85. The van der Waals surface area contributed by atoms with E-state index < -0.39 is 0 Å². The Bertz CT molecular complexity index is 453. The minimum Gasteiger partial charge on any atom is -0.391 e. The number of rotatable bonds is 2. The van der Waals surface area contributed by atoms with Crippen molar-refractivity contribution in [1.82, 2.24) is 14.9 Å². The Morgan fingerprint density at radius 2 is 2.05 bits per heavy atom. The molecule has 2 aliphatic heterocycles. The van der Waals surface area contributed by atoms with Crippen molar-refractivity contribution < 1.29 is 9.90 Å². The van der Waals surface area contributed by atoms with E-state index in [0.717, 1.165) is 19.4 Å². The predicted octanol–water partition coefficient (Wildman–Crippen LogP) is 0.0386. The smallest absolute Gasteiger partial charge is 0.245 e. The highest BCUT2D eigenvalue weighted by atomic mass is 16.3. The molecule has 1 N–H and O–H groups in total. The molecular formula is C13H18N4O2. The molecule has 0 radical (unpaired) electrons. The molecule has 2 saturated heterocycles. The zero-order valence-electron chi connectivity index (χ0n) is 10.8. The molecule has 1 unspecified atom stereocenters. The zero-order valence-corrected chi connectivity index (χ0v) is 10.8. The standard InChI is InChI=1S/C13H18N4O2/c18-10-4-8-16(9-10)12(19)11-3-1-7-17(11)13-14-5-2-6-15-13/h2,5-6,10-11,18H,1,3-4,7-9H2/t10-,11?/m0/s1. The molecule has 0 saturated carbocycles. The number of carbonyl (C=O) groups is 1. The molecule has 3 heterocycles. The lowest BCUT2D eigenvalue weighted by Gasteiger charge is -2.27. The molecule has 1 amide bonds. The summed E-state index contributed by atoms with van der Waals surface area (Å²) in [5, 5.41) is 9.54. The summed E-state index contributed by atoms with van der Waals surface area (Å²) in [5.41, 5.74) is 0. The van der Waals surface area contributed by atoms with Gasteiger partial charge in [-0.1, -0.05) is 0 Å². The second-order valence-corrected chi connectivity index (χ2v) is 5.13. The highest BCUT2D eigenvalue weighted by Crippen LogP contribution is 2.24. The van der Waals surface area contributed by atoms with Crippen molar-refractivity contribution in [2.75, 3.05) is 24.5 Å². The lowest BCUT2D eigenvalue weighted by Crippen LogP contribution is -2.45. The highest BCUT2D eigenvalue weighted by Gasteiger charge is 2.37. The summed E-state index contributed by atoms with van der Waals surface area (Å²) in [7, 11) is 0. The Morgan fingerprint density at radius 1 is 1.26 bits per heavy atom. The SMILES string of the molecule is O=C(C1CCCN1c1ncccn1)N1CC[C@H](O)C1. The molecule has 0 aliphatic carbocycles. The largest absolute Gasteiger partial charge is 0.391 e. The van der Waals surface area contributed by atoms with E-state index in [-0.39, 0.29) is 18.1 Å². The number of aliphatic hydroxyl groups excluding tert-OH is 1. The van der Waals surface area contributed by atoms with E-state index in [1.807, 2.05) is 4.90 Å². The van der Waals surface area contributed by atoms with Crippen molar-refractivity contribution in [2.45, 2.75) is 31.4 Å². The van der Waals surface area contributed by atoms with Crippen LogP contribution in [0.3, 0.4) is 0 Å². The van der Waals surface area contributed by atoms with Gasteiger partial charge in [-0.3, -0.25) is 4.79 Å². The molecule has 1 aromatic heterocycles. The second kappa shape index (κ2) is 5.13. The molecule has 6 nitrogen and oxygen atoms in total. The van der Waals surface area contributed by atoms with Gasteiger partial charge in [-0.2, -0.15) is 0 Å². The molecule has 2 aliphatic rings. The van der Waals surface area contributed by atoms with Crippen molar-refractivity contribution in [3.8, 4) is 0 Å². The number of β-amino-alcohol motifs (C(OH)–C–C–N with tert-alkyl or cyclic N) is 1. The first-order valence-corrected chi connectivity index (χ1v) is 6.76. The van der Waals surface area contributed by atoms with Gasteiger partial charge >= 0.3 is 0 Å². The van der Waals surface area contributed by atoms with Crippen LogP contribution in [0, 0.1) is 0 Å². The average Bonchev–Trinajstić information content (AvgIpc) is 3.07. The summed E-state index contributed by atoms with van der Waals surface area (Å²) in [6.45, 7) is 1.93. The van der Waals surface area contributed by atoms with Crippen LogP contribution >= 0.6 is 0 Å². The van der Waals surface area contributed by atoms with E-state index in [1.54, 1.807) is 23.4 Å². The number of hydrogen-bond acceptors (Lipinski definition) is 5. The Balaban J connectivity index is 1.74. The number of anilines is 1. The van der Waals surface area contributed by atoms with Gasteiger partial charge in [-0.15, -0.1) is 0 Å². The van der Waals surface area contributed by atoms with E-state index in [2.05, 4.69) is 9.97 Å². The number of hydrogen-bond donors (Lipinski definition) is 1. The fourth-order valence-electron chi connectivity index (χ4n) is 2.86. The maximum atomic E-state index is 12.5. The number of likely N-dealkylation sites (tertiary alicyclic amines) is 1. The van der Waals surface area contributed by atoms with Gasteiger partial charge in [-0.05, 0) is 25.3 Å². The number of aliphatic hydroxyl groups is 1. The molecule has 0 bridgehead atoms. The van der Waals surface area contributed by atoms with Crippen molar-refractivity contribution in [3.05, 3.63) is 18.5 Å². The summed E-state index contributed by atoms with van der Waals surface area (Å²) in [6, 6.07) is 1.60. The van der Waals surface area contributed by atoms with Crippen LogP contribution in [0.25, 0.3) is 0 Å². The quantitative estimate of drug-likeness (QED) is 0.815. The third kappa shape index (κ3) is 2.40. The minimum atomic E-state index is -0.369. The first-order chi connectivity index (χ1) is 9.25. The molecule has 3 rings (SSSR count). The summed E-state index contributed by atoms with van der Waals surface area (Å²) in [6.07, 6.45) is 5.52. The Hall–Kier alpha value is -1.69. The van der Waals surface area contributed by atoms with Gasteiger partial charge in [-0.25, -0.2) is 9.97 Å². The first-order valence-electron chi connectivity index (χ1n) is 6.76. The van der Waals surface area contributed by atoms with Gasteiger partial charge in [0.15, 0.2) is 0 Å². The van der Waals surface area contributed by atoms with Crippen LogP contribution < -0.4 is 4.90 Å². The van der Waals surface area contributed by atoms with Gasteiger partial charge < -0.3 is 14.9 Å². The fourth-order valence-corrected chi connectivity index (χ4v) is 2.86. The monoisotopic (exact) mass is 262 g/mol. The van der Waals surface area contributed by atoms with E-state index in [9.17, 15) is 9.90 Å². The van der Waals surface area contributed by atoms with Gasteiger partial charge in [0.05, 0.1) is 6.10 Å². The Labute approximate surface area is 112 Å². The lowest BCUT2D eigenvalue weighted by atomic mass is 10.2. The van der Waals surface area contributed by atoms with Crippen molar-refractivity contribution in [1.29, 1.82) is 0 Å². The summed E-state index contributed by atoms with van der Waals surface area (Å²) in [5.74, 6) is 0.722. The average molecular weight is 262 g/mol. The van der Waals surface area contributed by atoms with Gasteiger partial charge in [0.2, 0.25) is 11.9 Å². The van der Waals surface area contributed by atoms with Crippen LogP contribution in [0.5, 0.6) is 0 Å². The molecular weight excluding hydrogens is 244 g/mol. The van der Waals surface area contributed by atoms with Crippen molar-refractivity contribution in [2.24, 2.45) is 0 Å². The molecule has 2 atom stereocenters. The Kier molecular flexibility index (Phi) is 3.33. The van der Waals surface area contributed by atoms with E-state index in [1.165, 1.54) is 0 Å². The fraction of sp³-hybridized carbons (Fsp3) is 0.615. The number of aromatic nitrogens is 2. The third-order valence-corrected chi connectivity index (χ3v) is 3.82. The zero-order chi connectivity index (χ0) is 13.2. The maximum Gasteiger partial charge on any atom is 0.245 e. The van der Waals surface area contributed by atoms with E-state index >= 15 is 0 Å². The van der Waals surface area contributed by atoms with E-state index in [4.69, 9.17) is 0 Å². The van der Waals surface area contributed by atoms with E-state index in [0.29, 0.717) is 25.5 Å². The van der Waals surface area contributed by atoms with Crippen molar-refractivity contribution >= 4 is 11.9 Å². The number of amides is 1. The summed E-state index contributed by atoms with van der Waals surface area (Å²) in [4.78, 5) is 24.7. The Morgan fingerprint density at radius 3 is 2.74 bits per heavy atom. The molecule has 0 aromatic carbocycles. The van der Waals surface area contributed by atoms with Crippen LogP contribution in [0.4, 0.5) is 5.95 Å². The van der Waals surface area contributed by atoms with Crippen LogP contribution in [0.2, 0.25) is 0 Å². The summed E-state index contributed by atoms with van der Waals surface area (Å²) >= 11 is 0. The van der Waals surface area contributed by atoms with Crippen LogP contribution in [-0.4, -0.2) is 57.7 Å². The molecule has 19 heavy (non-hydrogen) atoms. The van der Waals surface area contributed by atoms with Crippen LogP contribution in [-0.2, 0) is 4.79 Å². The van der Waals surface area contributed by atoms with Crippen LogP contribution in [0.15, 0.2) is 18.5 Å². The maximum absolute atomic E-state index is 12.5. The topological polar surface area (TPSA) is 69.6 Å². The van der Waals surface area contributed by atoms with Gasteiger partial charge in [0.1, 0.15) is 6.04 Å². The van der Waals surface area contributed by atoms with Gasteiger partial charge in [0, 0.05) is 32.0 Å². The molecule has 2 fully saturated rings. The lowest BCUT2D eigenvalue weighted by molar-refractivity contribution is -0.131. The predicted molar refractivity (Wildman–Crippen MR) is 69.6 cm³/mol. The number of nitrogens with zero attached hydrogens (tertiary/aromatic N) is 4. The first kappa shape index (κ1) is 12.3.